The molecule has 14 heteroatoms. The second-order valence-corrected chi connectivity index (χ2v) is 15.7. The van der Waals surface area contributed by atoms with Gasteiger partial charge in [0.1, 0.15) is 17.0 Å². The van der Waals surface area contributed by atoms with Crippen LogP contribution in [0.4, 0.5) is 4.79 Å². The van der Waals surface area contributed by atoms with Gasteiger partial charge in [0.25, 0.3) is 0 Å². The zero-order chi connectivity index (χ0) is 39.9. The molecule has 13 nitrogen and oxygen atoms in total. The van der Waals surface area contributed by atoms with Crippen molar-refractivity contribution in [3.8, 4) is 28.7 Å². The van der Waals surface area contributed by atoms with Crippen LogP contribution in [0.1, 0.15) is 58.8 Å². The maximum atomic E-state index is 15.0. The highest BCUT2D eigenvalue weighted by atomic mass is 32.2. The predicted molar refractivity (Wildman–Crippen MR) is 205 cm³/mol. The molecule has 7 rings (SSSR count). The van der Waals surface area contributed by atoms with E-state index in [2.05, 4.69) is 0 Å². The standard InChI is InChI=1S/C42H44N2O11S/c1-24(2)54-42(46)44-33-18-29-17-26(4)37(50-7)40(52-22-49-6)35(29)36(44)32(43(41(33)45)21-28-11-9-8-10-12-28)19-30-20-34-39(53-23-51-34)27(5)38(30)55-56(47,48)31-15-13-25(3)14-16-31/h8-17,19-20,24,33,36H,18,21-23H2,1-7H3/t33-,36-/m0/s1. The lowest BCUT2D eigenvalue weighted by Gasteiger charge is -2.51. The lowest BCUT2D eigenvalue weighted by Crippen LogP contribution is -2.61. The highest BCUT2D eigenvalue weighted by Crippen LogP contribution is 2.53. The summed E-state index contributed by atoms with van der Waals surface area (Å²) in [5.74, 6) is 1.03. The van der Waals surface area contributed by atoms with Gasteiger partial charge in [0.2, 0.25) is 12.7 Å². The summed E-state index contributed by atoms with van der Waals surface area (Å²) in [6.45, 7) is 8.77. The molecule has 3 aliphatic rings. The molecule has 0 spiro atoms. The lowest BCUT2D eigenvalue weighted by atomic mass is 9.80. The Morgan fingerprint density at radius 2 is 1.70 bits per heavy atom. The number of carbonyl (C=O) groups is 2. The van der Waals surface area contributed by atoms with Crippen molar-refractivity contribution in [2.24, 2.45) is 0 Å². The summed E-state index contributed by atoms with van der Waals surface area (Å²) in [6.07, 6.45) is 0.606. The lowest BCUT2D eigenvalue weighted by molar-refractivity contribution is -0.141. The Labute approximate surface area is 326 Å². The minimum absolute atomic E-state index is 0.0405. The van der Waals surface area contributed by atoms with Crippen LogP contribution in [0.25, 0.3) is 6.08 Å². The average molecular weight is 785 g/mol. The average Bonchev–Trinajstić information content (AvgIpc) is 3.64. The summed E-state index contributed by atoms with van der Waals surface area (Å²) in [6, 6.07) is 17.3. The zero-order valence-corrected chi connectivity index (χ0v) is 33.1. The molecule has 3 heterocycles. The Kier molecular flexibility index (Phi) is 10.6. The van der Waals surface area contributed by atoms with Crippen molar-refractivity contribution in [1.82, 2.24) is 9.80 Å². The van der Waals surface area contributed by atoms with E-state index in [1.54, 1.807) is 49.9 Å². The van der Waals surface area contributed by atoms with E-state index in [0.717, 1.165) is 22.3 Å². The van der Waals surface area contributed by atoms with E-state index >= 15 is 0 Å². The number of hydrogen-bond donors (Lipinski definition) is 0. The molecule has 1 fully saturated rings. The number of methoxy groups -OCH3 is 2. The van der Waals surface area contributed by atoms with E-state index in [-0.39, 0.29) is 48.7 Å². The minimum Gasteiger partial charge on any atom is -0.493 e. The van der Waals surface area contributed by atoms with E-state index in [9.17, 15) is 18.0 Å². The van der Waals surface area contributed by atoms with Crippen LogP contribution in [0.2, 0.25) is 0 Å². The number of hydrogen-bond acceptors (Lipinski definition) is 11. The van der Waals surface area contributed by atoms with Crippen LogP contribution in [0.15, 0.2) is 77.3 Å². The number of nitrogens with zero attached hydrogens (tertiary/aromatic N) is 2. The van der Waals surface area contributed by atoms with Crippen molar-refractivity contribution in [3.05, 3.63) is 111 Å². The van der Waals surface area contributed by atoms with Gasteiger partial charge < -0.3 is 37.5 Å². The molecular weight excluding hydrogens is 741 g/mol. The molecule has 0 aromatic heterocycles. The Balaban J connectivity index is 1.52. The largest absolute Gasteiger partial charge is 0.493 e. The molecular formula is C42H44N2O11S. The molecule has 2 bridgehead atoms. The van der Waals surface area contributed by atoms with Gasteiger partial charge in [-0.05, 0) is 75.6 Å². The zero-order valence-electron chi connectivity index (χ0n) is 32.3. The molecule has 4 aromatic rings. The van der Waals surface area contributed by atoms with Gasteiger partial charge in [-0.1, -0.05) is 54.1 Å². The van der Waals surface area contributed by atoms with Crippen LogP contribution in [0.5, 0.6) is 28.7 Å². The molecule has 2 atom stereocenters. The number of rotatable bonds is 11. The van der Waals surface area contributed by atoms with Gasteiger partial charge in [0.05, 0.1) is 19.8 Å². The summed E-state index contributed by atoms with van der Waals surface area (Å²) < 4.78 is 68.7. The minimum atomic E-state index is -4.38. The topological polar surface area (TPSA) is 139 Å². The monoisotopic (exact) mass is 784 g/mol. The number of amides is 2. The van der Waals surface area contributed by atoms with Crippen LogP contribution in [-0.4, -0.2) is 70.2 Å². The van der Waals surface area contributed by atoms with E-state index < -0.39 is 34.4 Å². The fourth-order valence-electron chi connectivity index (χ4n) is 7.45. The maximum Gasteiger partial charge on any atom is 0.411 e. The Bertz CT molecular complexity index is 2310. The Morgan fingerprint density at radius 1 is 0.964 bits per heavy atom. The number of aryl methyl sites for hydroxylation is 2. The number of carbonyl (C=O) groups excluding carboxylic acids is 2. The second kappa shape index (κ2) is 15.4. The molecule has 1 saturated heterocycles. The first-order valence-corrected chi connectivity index (χ1v) is 19.6. The van der Waals surface area contributed by atoms with Crippen molar-refractivity contribution >= 4 is 28.2 Å². The third-order valence-electron chi connectivity index (χ3n) is 9.92. The first-order valence-electron chi connectivity index (χ1n) is 18.1. The van der Waals surface area contributed by atoms with Crippen LogP contribution < -0.4 is 23.1 Å². The van der Waals surface area contributed by atoms with Gasteiger partial charge in [0, 0.05) is 35.9 Å². The molecule has 0 N–H and O–H groups in total. The van der Waals surface area contributed by atoms with Crippen molar-refractivity contribution in [2.45, 2.75) is 70.7 Å². The van der Waals surface area contributed by atoms with Gasteiger partial charge in [-0.15, -0.1) is 0 Å². The summed E-state index contributed by atoms with van der Waals surface area (Å²) in [4.78, 5) is 32.3. The van der Waals surface area contributed by atoms with Crippen molar-refractivity contribution in [3.63, 3.8) is 0 Å². The first kappa shape index (κ1) is 38.5. The molecule has 0 unspecified atom stereocenters. The molecule has 4 aromatic carbocycles. The van der Waals surface area contributed by atoms with Gasteiger partial charge in [-0.3, -0.25) is 9.69 Å². The van der Waals surface area contributed by atoms with Crippen LogP contribution in [0.3, 0.4) is 0 Å². The number of ether oxygens (including phenoxy) is 6. The molecule has 56 heavy (non-hydrogen) atoms. The first-order chi connectivity index (χ1) is 26.8. The fourth-order valence-corrected chi connectivity index (χ4v) is 8.46. The Hall–Kier alpha value is -5.73. The third-order valence-corrected chi connectivity index (χ3v) is 11.2. The number of benzene rings is 4. The highest BCUT2D eigenvalue weighted by molar-refractivity contribution is 7.87. The summed E-state index contributed by atoms with van der Waals surface area (Å²) in [7, 11) is -1.35. The van der Waals surface area contributed by atoms with E-state index in [1.807, 2.05) is 50.2 Å². The summed E-state index contributed by atoms with van der Waals surface area (Å²) >= 11 is 0. The molecule has 294 valence electrons. The Morgan fingerprint density at radius 3 is 2.38 bits per heavy atom. The quantitative estimate of drug-likeness (QED) is 0.115. The SMILES string of the molecule is COCOc1c(OC)c(C)cc2c1[C@@H]1C(=Cc3cc4c(c(C)c3OS(=O)(=O)c3ccc(C)cc3)OCO4)N(Cc3ccccc3)C(=O)[C@H](C2)N1C(=O)OC(C)C. The predicted octanol–water partition coefficient (Wildman–Crippen LogP) is 7.00. The smallest absolute Gasteiger partial charge is 0.411 e. The van der Waals surface area contributed by atoms with E-state index in [4.69, 9.17) is 32.6 Å². The van der Waals surface area contributed by atoms with Gasteiger partial charge in [-0.25, -0.2) is 4.79 Å². The molecule has 0 aliphatic carbocycles. The van der Waals surface area contributed by atoms with Crippen molar-refractivity contribution in [1.29, 1.82) is 0 Å². The van der Waals surface area contributed by atoms with Crippen LogP contribution in [-0.2, 0) is 37.4 Å². The normalized spacial score (nSPS) is 17.9. The van der Waals surface area contributed by atoms with E-state index in [1.165, 1.54) is 31.3 Å². The number of piperazine rings is 1. The third kappa shape index (κ3) is 7.10. The summed E-state index contributed by atoms with van der Waals surface area (Å²) in [5.41, 5.74) is 4.71. The second-order valence-electron chi connectivity index (χ2n) is 14.1. The summed E-state index contributed by atoms with van der Waals surface area (Å²) in [5, 5.41) is 0. The van der Waals surface area contributed by atoms with Crippen LogP contribution in [0, 0.1) is 20.8 Å². The van der Waals surface area contributed by atoms with E-state index in [0.29, 0.717) is 39.8 Å². The van der Waals surface area contributed by atoms with Gasteiger partial charge in [-0.2, -0.15) is 8.42 Å². The van der Waals surface area contributed by atoms with Crippen LogP contribution >= 0.6 is 0 Å². The molecule has 0 radical (unpaired) electrons. The maximum absolute atomic E-state index is 15.0. The molecule has 2 amide bonds. The highest BCUT2D eigenvalue weighted by Gasteiger charge is 2.53. The van der Waals surface area contributed by atoms with Crippen molar-refractivity contribution in [2.75, 3.05) is 27.8 Å². The van der Waals surface area contributed by atoms with Gasteiger partial charge in [0.15, 0.2) is 35.5 Å². The fraction of sp³-hybridized carbons (Fsp3) is 0.333. The number of fused-ring (bicyclic) bond motifs is 5. The molecule has 3 aliphatic heterocycles. The van der Waals surface area contributed by atoms with Crippen molar-refractivity contribution < 1.29 is 50.6 Å². The van der Waals surface area contributed by atoms with Gasteiger partial charge >= 0.3 is 16.2 Å². The molecule has 0 saturated carbocycles.